The van der Waals surface area contributed by atoms with Crippen molar-refractivity contribution < 1.29 is 9.59 Å². The quantitative estimate of drug-likeness (QED) is 0.860. The molecule has 114 valence electrons. The number of carbonyl (C=O) groups is 2. The number of hydrogen-bond donors (Lipinski definition) is 2. The predicted octanol–water partition coefficient (Wildman–Crippen LogP) is 3.05. The van der Waals surface area contributed by atoms with Gasteiger partial charge in [-0.1, -0.05) is 60.7 Å². The maximum atomic E-state index is 12.0. The molecule has 0 unspecified atom stereocenters. The third-order valence-corrected chi connectivity index (χ3v) is 3.30. The van der Waals surface area contributed by atoms with Crippen LogP contribution in [0.3, 0.4) is 0 Å². The van der Waals surface area contributed by atoms with Crippen molar-refractivity contribution in [1.29, 1.82) is 0 Å². The molecular weight excluding hydrogens is 276 g/mol. The molecule has 0 saturated heterocycles. The molecule has 0 atom stereocenters. The average Bonchev–Trinajstić information content (AvgIpc) is 2.54. The molecule has 2 aromatic carbocycles. The summed E-state index contributed by atoms with van der Waals surface area (Å²) in [6.45, 7) is 1.85. The number of ketones is 1. The molecule has 4 heteroatoms. The second-order valence-electron chi connectivity index (χ2n) is 5.11. The summed E-state index contributed by atoms with van der Waals surface area (Å²) in [4.78, 5) is 23.0. The van der Waals surface area contributed by atoms with Crippen molar-refractivity contribution in [2.75, 3.05) is 6.54 Å². The molecule has 2 aromatic rings. The zero-order chi connectivity index (χ0) is 15.8. The van der Waals surface area contributed by atoms with Crippen LogP contribution in [0.25, 0.3) is 0 Å². The fraction of sp³-hybridized carbons (Fsp3) is 0.222. The number of nitrogens with one attached hydrogen (secondary N) is 2. The Morgan fingerprint density at radius 3 is 1.86 bits per heavy atom. The highest BCUT2D eigenvalue weighted by Gasteiger charge is 2.16. The Kier molecular flexibility index (Phi) is 5.72. The minimum Gasteiger partial charge on any atom is -0.338 e. The van der Waals surface area contributed by atoms with Gasteiger partial charge in [-0.05, 0) is 18.1 Å². The zero-order valence-electron chi connectivity index (χ0n) is 12.6. The highest BCUT2D eigenvalue weighted by molar-refractivity contribution is 5.78. The van der Waals surface area contributed by atoms with Crippen molar-refractivity contribution in [3.05, 3.63) is 71.8 Å². The van der Waals surface area contributed by atoms with Crippen LogP contribution in [-0.2, 0) is 4.79 Å². The third-order valence-electron chi connectivity index (χ3n) is 3.30. The largest absolute Gasteiger partial charge is 0.338 e. The summed E-state index contributed by atoms with van der Waals surface area (Å²) >= 11 is 0. The Bertz CT molecular complexity index is 572. The zero-order valence-corrected chi connectivity index (χ0v) is 12.6. The SMILES string of the molecule is CC(=O)CCNC(=O)NC(c1ccccc1)c1ccccc1. The summed E-state index contributed by atoms with van der Waals surface area (Å²) in [6, 6.07) is 19.1. The average molecular weight is 296 g/mol. The van der Waals surface area contributed by atoms with Crippen molar-refractivity contribution >= 4 is 11.8 Å². The maximum absolute atomic E-state index is 12.0. The first-order chi connectivity index (χ1) is 10.7. The molecule has 4 nitrogen and oxygen atoms in total. The van der Waals surface area contributed by atoms with Gasteiger partial charge >= 0.3 is 6.03 Å². The Hall–Kier alpha value is -2.62. The second-order valence-corrected chi connectivity index (χ2v) is 5.11. The lowest BCUT2D eigenvalue weighted by Gasteiger charge is -2.20. The number of amides is 2. The first-order valence-electron chi connectivity index (χ1n) is 7.30. The molecule has 0 aliphatic rings. The number of urea groups is 1. The van der Waals surface area contributed by atoms with Gasteiger partial charge in [0.2, 0.25) is 0 Å². The summed E-state index contributed by atoms with van der Waals surface area (Å²) in [5, 5.41) is 5.68. The Labute approximate surface area is 130 Å². The van der Waals surface area contributed by atoms with Crippen molar-refractivity contribution in [3.8, 4) is 0 Å². The normalized spacial score (nSPS) is 10.3. The molecule has 22 heavy (non-hydrogen) atoms. The monoisotopic (exact) mass is 296 g/mol. The van der Waals surface area contributed by atoms with Crippen LogP contribution in [0.5, 0.6) is 0 Å². The van der Waals surface area contributed by atoms with E-state index in [-0.39, 0.29) is 17.9 Å². The molecular formula is C18H20N2O2. The van der Waals surface area contributed by atoms with Crippen LogP contribution in [0.2, 0.25) is 0 Å². The smallest absolute Gasteiger partial charge is 0.315 e. The van der Waals surface area contributed by atoms with E-state index in [0.717, 1.165) is 11.1 Å². The van der Waals surface area contributed by atoms with E-state index in [1.807, 2.05) is 60.7 Å². The third kappa shape index (κ3) is 4.74. The molecule has 0 heterocycles. The lowest BCUT2D eigenvalue weighted by atomic mass is 9.99. The predicted molar refractivity (Wildman–Crippen MR) is 86.6 cm³/mol. The van der Waals surface area contributed by atoms with E-state index in [0.29, 0.717) is 13.0 Å². The van der Waals surface area contributed by atoms with Gasteiger partial charge in [0.1, 0.15) is 5.78 Å². The maximum Gasteiger partial charge on any atom is 0.315 e. The van der Waals surface area contributed by atoms with E-state index < -0.39 is 0 Å². The number of benzene rings is 2. The second kappa shape index (κ2) is 7.98. The standard InChI is InChI=1S/C18H20N2O2/c1-14(21)12-13-19-18(22)20-17(15-8-4-2-5-9-15)16-10-6-3-7-11-16/h2-11,17H,12-13H2,1H3,(H2,19,20,22). The van der Waals surface area contributed by atoms with Crippen LogP contribution in [0, 0.1) is 0 Å². The molecule has 0 aliphatic carbocycles. The molecule has 0 aromatic heterocycles. The van der Waals surface area contributed by atoms with Gasteiger partial charge in [0.05, 0.1) is 6.04 Å². The summed E-state index contributed by atoms with van der Waals surface area (Å²) in [5.41, 5.74) is 2.02. The van der Waals surface area contributed by atoms with Crippen LogP contribution in [0.4, 0.5) is 4.79 Å². The summed E-state index contributed by atoms with van der Waals surface area (Å²) in [5.74, 6) is 0.0583. The molecule has 0 radical (unpaired) electrons. The van der Waals surface area contributed by atoms with Gasteiger partial charge in [-0.15, -0.1) is 0 Å². The Morgan fingerprint density at radius 1 is 0.909 bits per heavy atom. The van der Waals surface area contributed by atoms with E-state index in [1.54, 1.807) is 0 Å². The van der Waals surface area contributed by atoms with Crippen molar-refractivity contribution in [1.82, 2.24) is 10.6 Å². The number of carbonyl (C=O) groups excluding carboxylic acids is 2. The van der Waals surface area contributed by atoms with Gasteiger partial charge in [0, 0.05) is 13.0 Å². The van der Waals surface area contributed by atoms with Crippen LogP contribution >= 0.6 is 0 Å². The van der Waals surface area contributed by atoms with Crippen molar-refractivity contribution in [2.24, 2.45) is 0 Å². The summed E-state index contributed by atoms with van der Waals surface area (Å²) in [7, 11) is 0. The molecule has 0 spiro atoms. The highest BCUT2D eigenvalue weighted by Crippen LogP contribution is 2.21. The van der Waals surface area contributed by atoms with Gasteiger partial charge in [0.25, 0.3) is 0 Å². The van der Waals surface area contributed by atoms with Crippen LogP contribution < -0.4 is 10.6 Å². The van der Waals surface area contributed by atoms with Crippen molar-refractivity contribution in [2.45, 2.75) is 19.4 Å². The first-order valence-corrected chi connectivity index (χ1v) is 7.30. The van der Waals surface area contributed by atoms with Gasteiger partial charge in [0.15, 0.2) is 0 Å². The van der Waals surface area contributed by atoms with Gasteiger partial charge in [-0.2, -0.15) is 0 Å². The van der Waals surface area contributed by atoms with Crippen LogP contribution in [-0.4, -0.2) is 18.4 Å². The summed E-state index contributed by atoms with van der Waals surface area (Å²) in [6.07, 6.45) is 0.342. The van der Waals surface area contributed by atoms with E-state index in [1.165, 1.54) is 6.92 Å². The van der Waals surface area contributed by atoms with Crippen LogP contribution in [0.15, 0.2) is 60.7 Å². The number of Topliss-reactive ketones (excluding diaryl/α,β-unsaturated/α-hetero) is 1. The first kappa shape index (κ1) is 15.8. The molecule has 0 bridgehead atoms. The fourth-order valence-corrected chi connectivity index (χ4v) is 2.18. The van der Waals surface area contributed by atoms with Crippen LogP contribution in [0.1, 0.15) is 30.5 Å². The van der Waals surface area contributed by atoms with E-state index in [9.17, 15) is 9.59 Å². The Balaban J connectivity index is 2.09. The molecule has 2 amide bonds. The molecule has 2 N–H and O–H groups in total. The molecule has 0 aliphatic heterocycles. The Morgan fingerprint density at radius 2 is 1.41 bits per heavy atom. The summed E-state index contributed by atoms with van der Waals surface area (Å²) < 4.78 is 0. The van der Waals surface area contributed by atoms with Gasteiger partial charge in [-0.3, -0.25) is 4.79 Å². The fourth-order valence-electron chi connectivity index (χ4n) is 2.18. The number of rotatable bonds is 6. The molecule has 2 rings (SSSR count). The molecule has 0 saturated carbocycles. The highest BCUT2D eigenvalue weighted by atomic mass is 16.2. The van der Waals surface area contributed by atoms with E-state index >= 15 is 0 Å². The minimum atomic E-state index is -0.279. The van der Waals surface area contributed by atoms with Gasteiger partial charge in [-0.25, -0.2) is 4.79 Å². The molecule has 0 fully saturated rings. The topological polar surface area (TPSA) is 58.2 Å². The lowest BCUT2D eigenvalue weighted by Crippen LogP contribution is -2.39. The lowest BCUT2D eigenvalue weighted by molar-refractivity contribution is -0.116. The van der Waals surface area contributed by atoms with E-state index in [4.69, 9.17) is 0 Å². The number of hydrogen-bond acceptors (Lipinski definition) is 2. The van der Waals surface area contributed by atoms with Gasteiger partial charge < -0.3 is 10.6 Å². The van der Waals surface area contributed by atoms with Crippen molar-refractivity contribution in [3.63, 3.8) is 0 Å². The van der Waals surface area contributed by atoms with E-state index in [2.05, 4.69) is 10.6 Å². The minimum absolute atomic E-state index is 0.0583.